The molecule has 118 valence electrons. The quantitative estimate of drug-likeness (QED) is 0.866. The molecule has 4 nitrogen and oxygen atoms in total. The minimum atomic E-state index is 0.162. The number of nitrogens with zero attached hydrogens (tertiary/aromatic N) is 3. The molecular formula is C16H28N4S. The van der Waals surface area contributed by atoms with Gasteiger partial charge in [0, 0.05) is 36.1 Å². The molecule has 1 fully saturated rings. The van der Waals surface area contributed by atoms with Crippen LogP contribution in [0.25, 0.3) is 0 Å². The van der Waals surface area contributed by atoms with Gasteiger partial charge < -0.3 is 10.6 Å². The molecule has 0 bridgehead atoms. The zero-order valence-corrected chi connectivity index (χ0v) is 14.8. The van der Waals surface area contributed by atoms with Gasteiger partial charge in [-0.3, -0.25) is 4.90 Å². The maximum Gasteiger partial charge on any atom is 0.185 e. The predicted molar refractivity (Wildman–Crippen MR) is 90.1 cm³/mol. The minimum Gasteiger partial charge on any atom is -0.345 e. The number of anilines is 1. The topological polar surface area (TPSA) is 45.4 Å². The first-order chi connectivity index (χ1) is 9.68. The molecule has 2 aliphatic rings. The zero-order chi connectivity index (χ0) is 15.4. The predicted octanol–water partition coefficient (Wildman–Crippen LogP) is 2.65. The molecule has 1 aromatic heterocycles. The number of likely N-dealkylation sites (N-methyl/N-ethyl adjacent to an activating group) is 1. The van der Waals surface area contributed by atoms with E-state index in [1.165, 1.54) is 15.7 Å². The third-order valence-corrected chi connectivity index (χ3v) is 6.35. The van der Waals surface area contributed by atoms with Gasteiger partial charge >= 0.3 is 0 Å². The van der Waals surface area contributed by atoms with E-state index in [1.807, 2.05) is 11.3 Å². The summed E-state index contributed by atoms with van der Waals surface area (Å²) in [5, 5.41) is 1.18. The van der Waals surface area contributed by atoms with Crippen molar-refractivity contribution < 1.29 is 0 Å². The molecule has 2 N–H and O–H groups in total. The van der Waals surface area contributed by atoms with Crippen molar-refractivity contribution >= 4 is 16.5 Å². The van der Waals surface area contributed by atoms with Crippen molar-refractivity contribution in [1.29, 1.82) is 0 Å². The highest BCUT2D eigenvalue weighted by Crippen LogP contribution is 2.44. The van der Waals surface area contributed by atoms with Crippen LogP contribution >= 0.6 is 11.3 Å². The fourth-order valence-electron chi connectivity index (χ4n) is 3.52. The van der Waals surface area contributed by atoms with E-state index in [0.29, 0.717) is 0 Å². The van der Waals surface area contributed by atoms with E-state index < -0.39 is 0 Å². The summed E-state index contributed by atoms with van der Waals surface area (Å²) in [6.07, 6.45) is 2.12. The van der Waals surface area contributed by atoms with E-state index in [-0.39, 0.29) is 17.0 Å². The minimum absolute atomic E-state index is 0.162. The lowest BCUT2D eigenvalue weighted by Crippen LogP contribution is -2.57. The van der Waals surface area contributed by atoms with E-state index in [1.54, 1.807) is 0 Å². The summed E-state index contributed by atoms with van der Waals surface area (Å²) in [4.78, 5) is 11.2. The second-order valence-electron chi connectivity index (χ2n) is 8.11. The van der Waals surface area contributed by atoms with Gasteiger partial charge in [-0.15, -0.1) is 0 Å². The van der Waals surface area contributed by atoms with Crippen LogP contribution in [0.15, 0.2) is 0 Å². The Morgan fingerprint density at radius 3 is 2.62 bits per heavy atom. The first kappa shape index (κ1) is 15.3. The van der Waals surface area contributed by atoms with E-state index in [9.17, 15) is 0 Å². The van der Waals surface area contributed by atoms with Crippen molar-refractivity contribution in [2.75, 3.05) is 31.6 Å². The van der Waals surface area contributed by atoms with Crippen LogP contribution in [0.5, 0.6) is 0 Å². The third kappa shape index (κ3) is 2.83. The third-order valence-electron chi connectivity index (χ3n) is 5.06. The molecule has 2 heterocycles. The van der Waals surface area contributed by atoms with Gasteiger partial charge in [0.1, 0.15) is 0 Å². The van der Waals surface area contributed by atoms with Crippen LogP contribution in [0.4, 0.5) is 5.13 Å². The smallest absolute Gasteiger partial charge is 0.185 e. The second-order valence-corrected chi connectivity index (χ2v) is 9.12. The standard InChI is InChI=1S/C16H28N4S/c1-15(2)8-11(17)13-12(9-15)18-14(21-13)20-7-6-19(5)16(3,4)10-20/h11H,6-10,17H2,1-5H3. The lowest BCUT2D eigenvalue weighted by molar-refractivity contribution is 0.139. The molecule has 5 heteroatoms. The maximum atomic E-state index is 6.38. The number of fused-ring (bicyclic) bond motifs is 1. The molecule has 1 unspecified atom stereocenters. The summed E-state index contributed by atoms with van der Waals surface area (Å²) < 4.78 is 0. The number of nitrogens with two attached hydrogens (primary N) is 1. The van der Waals surface area contributed by atoms with Crippen molar-refractivity contribution in [1.82, 2.24) is 9.88 Å². The van der Waals surface area contributed by atoms with Crippen molar-refractivity contribution in [2.45, 2.75) is 52.1 Å². The molecule has 0 amide bonds. The van der Waals surface area contributed by atoms with E-state index >= 15 is 0 Å². The average Bonchev–Trinajstić information content (AvgIpc) is 2.75. The fourth-order valence-corrected chi connectivity index (χ4v) is 4.63. The Morgan fingerprint density at radius 2 is 1.95 bits per heavy atom. The SMILES string of the molecule is CN1CCN(c2nc3c(s2)C(N)CC(C)(C)C3)CC1(C)C. The Balaban J connectivity index is 1.86. The van der Waals surface area contributed by atoms with Crippen molar-refractivity contribution in [3.05, 3.63) is 10.6 Å². The lowest BCUT2D eigenvalue weighted by Gasteiger charge is -2.45. The summed E-state index contributed by atoms with van der Waals surface area (Å²) in [6, 6.07) is 0.162. The molecule has 0 aromatic carbocycles. The van der Waals surface area contributed by atoms with Gasteiger partial charge in [0.2, 0.25) is 0 Å². The molecule has 1 saturated heterocycles. The van der Waals surface area contributed by atoms with Crippen LogP contribution in [0.3, 0.4) is 0 Å². The molecule has 3 rings (SSSR count). The Bertz CT molecular complexity index is 534. The Morgan fingerprint density at radius 1 is 1.24 bits per heavy atom. The maximum absolute atomic E-state index is 6.38. The molecule has 1 aliphatic carbocycles. The lowest BCUT2D eigenvalue weighted by atomic mass is 9.77. The van der Waals surface area contributed by atoms with Gasteiger partial charge in [-0.05, 0) is 39.2 Å². The first-order valence-corrected chi connectivity index (χ1v) is 8.71. The fraction of sp³-hybridized carbons (Fsp3) is 0.812. The molecule has 1 aliphatic heterocycles. The normalized spacial score (nSPS) is 28.5. The highest BCUT2D eigenvalue weighted by molar-refractivity contribution is 7.15. The van der Waals surface area contributed by atoms with Gasteiger partial charge in [-0.25, -0.2) is 4.98 Å². The van der Waals surface area contributed by atoms with Gasteiger partial charge in [-0.2, -0.15) is 0 Å². The molecule has 1 aromatic rings. The summed E-state index contributed by atoms with van der Waals surface area (Å²) in [6.45, 7) is 12.4. The summed E-state index contributed by atoms with van der Waals surface area (Å²) >= 11 is 1.82. The molecule has 0 radical (unpaired) electrons. The van der Waals surface area contributed by atoms with E-state index in [2.05, 4.69) is 44.5 Å². The number of aromatic nitrogens is 1. The number of thiazole rings is 1. The monoisotopic (exact) mass is 308 g/mol. The number of hydrogen-bond acceptors (Lipinski definition) is 5. The average molecular weight is 308 g/mol. The summed E-state index contributed by atoms with van der Waals surface area (Å²) in [5.74, 6) is 0. The van der Waals surface area contributed by atoms with Crippen LogP contribution in [0.1, 0.15) is 50.7 Å². The van der Waals surface area contributed by atoms with E-state index in [4.69, 9.17) is 10.7 Å². The van der Waals surface area contributed by atoms with E-state index in [0.717, 1.165) is 32.5 Å². The van der Waals surface area contributed by atoms with Gasteiger partial charge in [0.05, 0.1) is 5.69 Å². The van der Waals surface area contributed by atoms with Crippen LogP contribution < -0.4 is 10.6 Å². The van der Waals surface area contributed by atoms with Crippen molar-refractivity contribution in [2.24, 2.45) is 11.1 Å². The highest BCUT2D eigenvalue weighted by atomic mass is 32.1. The largest absolute Gasteiger partial charge is 0.345 e. The summed E-state index contributed by atoms with van der Waals surface area (Å²) in [5.41, 5.74) is 8.11. The van der Waals surface area contributed by atoms with Crippen molar-refractivity contribution in [3.63, 3.8) is 0 Å². The van der Waals surface area contributed by atoms with Gasteiger partial charge in [0.15, 0.2) is 5.13 Å². The van der Waals surface area contributed by atoms with Crippen LogP contribution in [-0.4, -0.2) is 42.1 Å². The first-order valence-electron chi connectivity index (χ1n) is 7.89. The second kappa shape index (κ2) is 4.93. The van der Waals surface area contributed by atoms with Crippen molar-refractivity contribution in [3.8, 4) is 0 Å². The van der Waals surface area contributed by atoms with Gasteiger partial charge in [0.25, 0.3) is 0 Å². The Hall–Kier alpha value is -0.650. The molecular weight excluding hydrogens is 280 g/mol. The molecule has 0 spiro atoms. The van der Waals surface area contributed by atoms with Gasteiger partial charge in [-0.1, -0.05) is 25.2 Å². The van der Waals surface area contributed by atoms with Crippen LogP contribution in [-0.2, 0) is 6.42 Å². The number of rotatable bonds is 1. The number of piperazine rings is 1. The summed E-state index contributed by atoms with van der Waals surface area (Å²) in [7, 11) is 2.21. The molecule has 1 atom stereocenters. The highest BCUT2D eigenvalue weighted by Gasteiger charge is 2.36. The van der Waals surface area contributed by atoms with Crippen LogP contribution in [0.2, 0.25) is 0 Å². The molecule has 21 heavy (non-hydrogen) atoms. The zero-order valence-electron chi connectivity index (χ0n) is 13.9. The van der Waals surface area contributed by atoms with Crippen LogP contribution in [0, 0.1) is 5.41 Å². The molecule has 0 saturated carbocycles. The number of hydrogen-bond donors (Lipinski definition) is 1. The Kier molecular flexibility index (Phi) is 3.58. The Labute approximate surface area is 132 Å².